The molecule has 0 spiro atoms. The number of thiophene rings is 1. The number of carbonyl (C=O) groups excluding carboxylic acids is 2. The van der Waals surface area contributed by atoms with Crippen molar-refractivity contribution in [2.45, 2.75) is 18.0 Å². The second kappa shape index (κ2) is 8.63. The third-order valence-corrected chi connectivity index (χ3v) is 6.84. The highest BCUT2D eigenvalue weighted by Gasteiger charge is 2.42. The van der Waals surface area contributed by atoms with E-state index >= 15 is 0 Å². The summed E-state index contributed by atoms with van der Waals surface area (Å²) in [5, 5.41) is 4.72. The minimum atomic E-state index is -0.492. The molecule has 2 unspecified atom stereocenters. The Morgan fingerprint density at radius 3 is 2.36 bits per heavy atom. The number of rotatable bonds is 5. The Hall–Kier alpha value is -2.57. The number of nitrogens with one attached hydrogen (secondary N) is 1. The van der Waals surface area contributed by atoms with Crippen LogP contribution in [0, 0.1) is 0 Å². The molecule has 0 saturated carbocycles. The molecular formula is C22H20N2O2S2. The van der Waals surface area contributed by atoms with Crippen LogP contribution in [0.4, 0.5) is 0 Å². The lowest BCUT2D eigenvalue weighted by Gasteiger charge is -2.28. The lowest BCUT2D eigenvalue weighted by molar-refractivity contribution is -0.125. The first-order chi connectivity index (χ1) is 13.7. The van der Waals surface area contributed by atoms with E-state index < -0.39 is 6.04 Å². The summed E-state index contributed by atoms with van der Waals surface area (Å²) >= 11 is 3.04. The van der Waals surface area contributed by atoms with Gasteiger partial charge in [-0.2, -0.15) is 0 Å². The summed E-state index contributed by atoms with van der Waals surface area (Å²) in [7, 11) is 0. The van der Waals surface area contributed by atoms with Crippen LogP contribution in [0.25, 0.3) is 0 Å². The van der Waals surface area contributed by atoms with E-state index in [4.69, 9.17) is 0 Å². The van der Waals surface area contributed by atoms with Gasteiger partial charge in [-0.05, 0) is 22.6 Å². The zero-order chi connectivity index (χ0) is 19.3. The zero-order valence-electron chi connectivity index (χ0n) is 15.2. The number of hydrogen-bond donors (Lipinski definition) is 1. The van der Waals surface area contributed by atoms with Gasteiger partial charge in [0.15, 0.2) is 0 Å². The van der Waals surface area contributed by atoms with E-state index in [0.717, 1.165) is 11.1 Å². The molecule has 1 fully saturated rings. The van der Waals surface area contributed by atoms with Gasteiger partial charge in [0, 0.05) is 12.3 Å². The van der Waals surface area contributed by atoms with Gasteiger partial charge in [-0.25, -0.2) is 0 Å². The van der Waals surface area contributed by atoms with Crippen LogP contribution in [0.15, 0.2) is 78.2 Å². The van der Waals surface area contributed by atoms with Gasteiger partial charge in [-0.15, -0.1) is 23.1 Å². The molecule has 2 heterocycles. The van der Waals surface area contributed by atoms with Gasteiger partial charge in [-0.3, -0.25) is 9.59 Å². The fraction of sp³-hybridized carbons (Fsp3) is 0.182. The summed E-state index contributed by atoms with van der Waals surface area (Å²) in [5.41, 5.74) is 2.08. The van der Waals surface area contributed by atoms with Crippen molar-refractivity contribution in [1.82, 2.24) is 10.2 Å². The van der Waals surface area contributed by atoms with Crippen LogP contribution < -0.4 is 5.32 Å². The van der Waals surface area contributed by atoms with Crippen molar-refractivity contribution < 1.29 is 9.59 Å². The number of thioether (sulfide) groups is 1. The molecule has 2 amide bonds. The Morgan fingerprint density at radius 1 is 0.964 bits per heavy atom. The Balaban J connectivity index is 1.56. The lowest BCUT2D eigenvalue weighted by atomic mass is 10.1. The van der Waals surface area contributed by atoms with E-state index in [1.54, 1.807) is 16.7 Å². The fourth-order valence-electron chi connectivity index (χ4n) is 3.26. The number of hydrogen-bond acceptors (Lipinski definition) is 4. The molecule has 1 aliphatic rings. The second-order valence-electron chi connectivity index (χ2n) is 6.51. The normalized spacial score (nSPS) is 18.8. The van der Waals surface area contributed by atoms with Gasteiger partial charge in [0.25, 0.3) is 5.91 Å². The van der Waals surface area contributed by atoms with Crippen LogP contribution in [0.5, 0.6) is 0 Å². The smallest absolute Gasteiger partial charge is 0.265 e. The SMILES string of the molecule is O=C(NCc1ccccc1)C1CSC(c2ccccc2)N1C(=O)c1cccs1. The molecule has 0 aliphatic carbocycles. The molecule has 3 aromatic rings. The van der Waals surface area contributed by atoms with Crippen molar-refractivity contribution in [1.29, 1.82) is 0 Å². The molecule has 1 N–H and O–H groups in total. The molecule has 4 rings (SSSR count). The van der Waals surface area contributed by atoms with Gasteiger partial charge in [0.05, 0.1) is 4.88 Å². The van der Waals surface area contributed by atoms with Crippen molar-refractivity contribution in [2.24, 2.45) is 0 Å². The van der Waals surface area contributed by atoms with Gasteiger partial charge < -0.3 is 10.2 Å². The minimum Gasteiger partial charge on any atom is -0.350 e. The maximum absolute atomic E-state index is 13.2. The standard InChI is InChI=1S/C22H20N2O2S2/c25-20(23-14-16-8-3-1-4-9-16)18-15-28-22(17-10-5-2-6-11-17)24(18)21(26)19-12-7-13-27-19/h1-13,18,22H,14-15H2,(H,23,25). The first-order valence-corrected chi connectivity index (χ1v) is 11.0. The molecule has 2 aromatic carbocycles. The number of amides is 2. The molecule has 28 heavy (non-hydrogen) atoms. The highest BCUT2D eigenvalue weighted by Crippen LogP contribution is 2.42. The van der Waals surface area contributed by atoms with E-state index in [9.17, 15) is 9.59 Å². The summed E-state index contributed by atoms with van der Waals surface area (Å²) in [6.45, 7) is 0.456. The summed E-state index contributed by atoms with van der Waals surface area (Å²) in [5.74, 6) is 0.380. The van der Waals surface area contributed by atoms with Crippen LogP contribution in [-0.2, 0) is 11.3 Å². The minimum absolute atomic E-state index is 0.0892. The Kier molecular flexibility index (Phi) is 5.78. The van der Waals surface area contributed by atoms with Crippen LogP contribution in [0.3, 0.4) is 0 Å². The average Bonchev–Trinajstić information content (AvgIpc) is 3.43. The van der Waals surface area contributed by atoms with E-state index in [2.05, 4.69) is 5.32 Å². The van der Waals surface area contributed by atoms with Gasteiger partial charge >= 0.3 is 0 Å². The average molecular weight is 409 g/mol. The van der Waals surface area contributed by atoms with E-state index in [-0.39, 0.29) is 17.2 Å². The van der Waals surface area contributed by atoms with Gasteiger partial charge in [-0.1, -0.05) is 66.7 Å². The quantitative estimate of drug-likeness (QED) is 0.684. The van der Waals surface area contributed by atoms with E-state index in [1.165, 1.54) is 11.3 Å². The number of carbonyl (C=O) groups is 2. The Bertz CT molecular complexity index is 930. The lowest BCUT2D eigenvalue weighted by Crippen LogP contribution is -2.47. The van der Waals surface area contributed by atoms with Crippen molar-refractivity contribution in [3.63, 3.8) is 0 Å². The molecule has 1 aromatic heterocycles. The molecule has 6 heteroatoms. The van der Waals surface area contributed by atoms with Crippen molar-refractivity contribution in [2.75, 3.05) is 5.75 Å². The van der Waals surface area contributed by atoms with Crippen LogP contribution in [-0.4, -0.2) is 28.5 Å². The molecule has 0 radical (unpaired) electrons. The van der Waals surface area contributed by atoms with Crippen LogP contribution in [0.2, 0.25) is 0 Å². The van der Waals surface area contributed by atoms with E-state index in [1.807, 2.05) is 78.2 Å². The largest absolute Gasteiger partial charge is 0.350 e. The third-order valence-electron chi connectivity index (χ3n) is 4.66. The predicted molar refractivity (Wildman–Crippen MR) is 114 cm³/mol. The van der Waals surface area contributed by atoms with Crippen molar-refractivity contribution in [3.05, 3.63) is 94.2 Å². The highest BCUT2D eigenvalue weighted by molar-refractivity contribution is 7.99. The van der Waals surface area contributed by atoms with Gasteiger partial charge in [0.2, 0.25) is 5.91 Å². The highest BCUT2D eigenvalue weighted by atomic mass is 32.2. The monoisotopic (exact) mass is 408 g/mol. The molecule has 1 saturated heterocycles. The molecule has 1 aliphatic heterocycles. The first kappa shape index (κ1) is 18.8. The van der Waals surface area contributed by atoms with Crippen molar-refractivity contribution in [3.8, 4) is 0 Å². The third kappa shape index (κ3) is 3.98. The topological polar surface area (TPSA) is 49.4 Å². The molecule has 2 atom stereocenters. The maximum Gasteiger partial charge on any atom is 0.265 e. The first-order valence-electron chi connectivity index (χ1n) is 9.08. The van der Waals surface area contributed by atoms with Gasteiger partial charge in [0.1, 0.15) is 11.4 Å². The van der Waals surface area contributed by atoms with Crippen LogP contribution >= 0.6 is 23.1 Å². The summed E-state index contributed by atoms with van der Waals surface area (Å²) in [6, 6.07) is 22.9. The van der Waals surface area contributed by atoms with Crippen LogP contribution in [0.1, 0.15) is 26.2 Å². The fourth-order valence-corrected chi connectivity index (χ4v) is 5.36. The Labute approximate surface area is 172 Å². The maximum atomic E-state index is 13.2. The Morgan fingerprint density at radius 2 is 1.68 bits per heavy atom. The summed E-state index contributed by atoms with van der Waals surface area (Å²) < 4.78 is 0. The summed E-state index contributed by atoms with van der Waals surface area (Å²) in [4.78, 5) is 28.6. The number of nitrogens with zero attached hydrogens (tertiary/aromatic N) is 1. The molecule has 0 bridgehead atoms. The summed E-state index contributed by atoms with van der Waals surface area (Å²) in [6.07, 6.45) is 0. The molecule has 4 nitrogen and oxygen atoms in total. The molecular weight excluding hydrogens is 388 g/mol. The molecule has 142 valence electrons. The predicted octanol–water partition coefficient (Wildman–Crippen LogP) is 4.32. The number of benzene rings is 2. The van der Waals surface area contributed by atoms with E-state index in [0.29, 0.717) is 17.2 Å². The zero-order valence-corrected chi connectivity index (χ0v) is 16.8. The second-order valence-corrected chi connectivity index (χ2v) is 8.57. The van der Waals surface area contributed by atoms with Crippen molar-refractivity contribution >= 4 is 34.9 Å².